The van der Waals surface area contributed by atoms with Gasteiger partial charge in [0.25, 0.3) is 0 Å². The second-order valence-electron chi connectivity index (χ2n) is 8.79. The van der Waals surface area contributed by atoms with E-state index < -0.39 is 23.7 Å². The lowest BCUT2D eigenvalue weighted by atomic mass is 9.98. The van der Waals surface area contributed by atoms with Crippen molar-refractivity contribution in [3.05, 3.63) is 84.4 Å². The largest absolute Gasteiger partial charge is 0.480 e. The Balaban J connectivity index is 1.71. The van der Waals surface area contributed by atoms with Gasteiger partial charge in [-0.1, -0.05) is 78.9 Å². The zero-order valence-electron chi connectivity index (χ0n) is 18.9. The van der Waals surface area contributed by atoms with Crippen molar-refractivity contribution in [2.45, 2.75) is 38.8 Å². The first-order valence-corrected chi connectivity index (χ1v) is 10.6. The summed E-state index contributed by atoms with van der Waals surface area (Å²) in [5.41, 5.74) is 4.59. The molecule has 0 radical (unpaired) electrons. The normalized spacial score (nSPS) is 12.1. The van der Waals surface area contributed by atoms with Crippen molar-refractivity contribution < 1.29 is 19.4 Å². The van der Waals surface area contributed by atoms with E-state index in [-0.39, 0.29) is 6.42 Å². The predicted molar refractivity (Wildman–Crippen MR) is 126 cm³/mol. The summed E-state index contributed by atoms with van der Waals surface area (Å²) in [6.07, 6.45) is -0.460. The minimum Gasteiger partial charge on any atom is -0.480 e. The number of carbonyl (C=O) groups is 2. The molecule has 3 rings (SSSR count). The number of carboxylic acid groups (broad SMARTS) is 1. The monoisotopic (exact) mass is 431 g/mol. The van der Waals surface area contributed by atoms with Crippen LogP contribution in [-0.2, 0) is 16.0 Å². The van der Waals surface area contributed by atoms with Gasteiger partial charge in [0.1, 0.15) is 11.6 Å². The van der Waals surface area contributed by atoms with Gasteiger partial charge < -0.3 is 9.84 Å². The molecule has 0 unspecified atom stereocenters. The third kappa shape index (κ3) is 5.97. The SMILES string of the molecule is CN(C(=O)OC(C)(C)C)[C@H](Cc1ccc(-c2ccc(-c3ccccc3)cc2)cc1)C(=O)O. The Morgan fingerprint density at radius 3 is 1.69 bits per heavy atom. The molecule has 166 valence electrons. The molecular weight excluding hydrogens is 402 g/mol. The van der Waals surface area contributed by atoms with Crippen LogP contribution >= 0.6 is 0 Å². The average Bonchev–Trinajstić information content (AvgIpc) is 2.77. The molecule has 0 fully saturated rings. The Kier molecular flexibility index (Phi) is 6.98. The fourth-order valence-corrected chi connectivity index (χ4v) is 3.39. The number of benzene rings is 3. The minimum absolute atomic E-state index is 0.193. The maximum absolute atomic E-state index is 12.3. The number of hydrogen-bond acceptors (Lipinski definition) is 3. The van der Waals surface area contributed by atoms with Crippen molar-refractivity contribution >= 4 is 12.1 Å². The number of amides is 1. The molecule has 0 saturated carbocycles. The lowest BCUT2D eigenvalue weighted by Crippen LogP contribution is -2.46. The zero-order valence-corrected chi connectivity index (χ0v) is 18.9. The summed E-state index contributed by atoms with van der Waals surface area (Å²) in [5, 5.41) is 9.66. The molecule has 32 heavy (non-hydrogen) atoms. The summed E-state index contributed by atoms with van der Waals surface area (Å²) < 4.78 is 5.31. The number of carbonyl (C=O) groups excluding carboxylic acids is 1. The molecular formula is C27H29NO4. The molecule has 1 amide bonds. The molecule has 1 N–H and O–H groups in total. The van der Waals surface area contributed by atoms with Crippen LogP contribution in [0, 0.1) is 0 Å². The highest BCUT2D eigenvalue weighted by Gasteiger charge is 2.30. The van der Waals surface area contributed by atoms with Gasteiger partial charge in [-0.05, 0) is 48.6 Å². The van der Waals surface area contributed by atoms with Crippen LogP contribution in [-0.4, -0.2) is 40.8 Å². The number of likely N-dealkylation sites (N-methyl/N-ethyl adjacent to an activating group) is 1. The van der Waals surface area contributed by atoms with Crippen LogP contribution in [0.4, 0.5) is 4.79 Å². The first-order chi connectivity index (χ1) is 15.1. The number of aliphatic carboxylic acids is 1. The molecule has 0 bridgehead atoms. The van der Waals surface area contributed by atoms with E-state index >= 15 is 0 Å². The Hall–Kier alpha value is -3.60. The zero-order chi connectivity index (χ0) is 23.3. The Bertz CT molecular complexity index is 1050. The van der Waals surface area contributed by atoms with Crippen LogP contribution in [0.1, 0.15) is 26.3 Å². The predicted octanol–water partition coefficient (Wildman–Crippen LogP) is 5.88. The van der Waals surface area contributed by atoms with E-state index in [4.69, 9.17) is 4.74 Å². The summed E-state index contributed by atoms with van der Waals surface area (Å²) in [5.74, 6) is -1.07. The van der Waals surface area contributed by atoms with Crippen LogP contribution in [0.5, 0.6) is 0 Å². The van der Waals surface area contributed by atoms with Gasteiger partial charge in [0.2, 0.25) is 0 Å². The Morgan fingerprint density at radius 2 is 1.25 bits per heavy atom. The summed E-state index contributed by atoms with van der Waals surface area (Å²) in [6.45, 7) is 5.25. The second kappa shape index (κ2) is 9.69. The molecule has 3 aromatic rings. The van der Waals surface area contributed by atoms with E-state index in [1.54, 1.807) is 20.8 Å². The van der Waals surface area contributed by atoms with E-state index in [2.05, 4.69) is 36.4 Å². The fraction of sp³-hybridized carbons (Fsp3) is 0.259. The van der Waals surface area contributed by atoms with Gasteiger partial charge in [-0.15, -0.1) is 0 Å². The standard InChI is InChI=1S/C27H29NO4/c1-27(2,3)32-26(31)28(4)24(25(29)30)18-19-10-12-21(13-11-19)23-16-14-22(15-17-23)20-8-6-5-7-9-20/h5-17,24H,18H2,1-4H3,(H,29,30)/t24-/m1/s1. The number of nitrogens with zero attached hydrogens (tertiary/aromatic N) is 1. The van der Waals surface area contributed by atoms with Crippen LogP contribution in [0.3, 0.4) is 0 Å². The number of carboxylic acids is 1. The van der Waals surface area contributed by atoms with E-state index in [1.165, 1.54) is 12.6 Å². The summed E-state index contributed by atoms with van der Waals surface area (Å²) in [7, 11) is 1.45. The number of hydrogen-bond donors (Lipinski definition) is 1. The Labute approximate surface area is 189 Å². The molecule has 0 saturated heterocycles. The van der Waals surface area contributed by atoms with Crippen molar-refractivity contribution in [2.24, 2.45) is 0 Å². The van der Waals surface area contributed by atoms with Crippen molar-refractivity contribution in [1.29, 1.82) is 0 Å². The van der Waals surface area contributed by atoms with Gasteiger partial charge >= 0.3 is 12.1 Å². The van der Waals surface area contributed by atoms with Crippen LogP contribution in [0.25, 0.3) is 22.3 Å². The van der Waals surface area contributed by atoms with Gasteiger partial charge in [-0.2, -0.15) is 0 Å². The first kappa shape index (κ1) is 23.1. The molecule has 0 aliphatic carbocycles. The summed E-state index contributed by atoms with van der Waals surface area (Å²) >= 11 is 0. The lowest BCUT2D eigenvalue weighted by Gasteiger charge is -2.28. The first-order valence-electron chi connectivity index (χ1n) is 10.6. The highest BCUT2D eigenvalue weighted by atomic mass is 16.6. The van der Waals surface area contributed by atoms with Gasteiger partial charge in [-0.3, -0.25) is 4.90 Å². The second-order valence-corrected chi connectivity index (χ2v) is 8.79. The van der Waals surface area contributed by atoms with Gasteiger partial charge in [-0.25, -0.2) is 9.59 Å². The van der Waals surface area contributed by atoms with Crippen molar-refractivity contribution in [3.8, 4) is 22.3 Å². The van der Waals surface area contributed by atoms with Crippen molar-refractivity contribution in [1.82, 2.24) is 4.90 Å². The molecule has 0 aromatic heterocycles. The molecule has 0 heterocycles. The number of ether oxygens (including phenoxy) is 1. The smallest absolute Gasteiger partial charge is 0.410 e. The molecule has 3 aromatic carbocycles. The van der Waals surface area contributed by atoms with Crippen LogP contribution in [0.2, 0.25) is 0 Å². The molecule has 0 aliphatic rings. The van der Waals surface area contributed by atoms with Crippen molar-refractivity contribution in [2.75, 3.05) is 7.05 Å². The molecule has 1 atom stereocenters. The van der Waals surface area contributed by atoms with Crippen LogP contribution < -0.4 is 0 Å². The highest BCUT2D eigenvalue weighted by molar-refractivity contribution is 5.80. The summed E-state index contributed by atoms with van der Waals surface area (Å²) in [6, 6.07) is 25.3. The third-order valence-electron chi connectivity index (χ3n) is 5.14. The third-order valence-corrected chi connectivity index (χ3v) is 5.14. The molecule has 5 nitrogen and oxygen atoms in total. The quantitative estimate of drug-likeness (QED) is 0.529. The molecule has 0 spiro atoms. The number of rotatable bonds is 6. The minimum atomic E-state index is -1.07. The maximum Gasteiger partial charge on any atom is 0.410 e. The van der Waals surface area contributed by atoms with Gasteiger partial charge in [0, 0.05) is 13.5 Å². The van der Waals surface area contributed by atoms with E-state index in [9.17, 15) is 14.7 Å². The fourth-order valence-electron chi connectivity index (χ4n) is 3.39. The molecule has 5 heteroatoms. The summed E-state index contributed by atoms with van der Waals surface area (Å²) in [4.78, 5) is 25.3. The van der Waals surface area contributed by atoms with E-state index in [0.717, 1.165) is 27.2 Å². The molecule has 0 aliphatic heterocycles. The highest BCUT2D eigenvalue weighted by Crippen LogP contribution is 2.25. The van der Waals surface area contributed by atoms with Gasteiger partial charge in [0.15, 0.2) is 0 Å². The Morgan fingerprint density at radius 1 is 0.812 bits per heavy atom. The van der Waals surface area contributed by atoms with E-state index in [0.29, 0.717) is 0 Å². The van der Waals surface area contributed by atoms with Crippen molar-refractivity contribution in [3.63, 3.8) is 0 Å². The van der Waals surface area contributed by atoms with Gasteiger partial charge in [0.05, 0.1) is 0 Å². The van der Waals surface area contributed by atoms with E-state index in [1.807, 2.05) is 42.5 Å². The lowest BCUT2D eigenvalue weighted by molar-refractivity contribution is -0.142. The van der Waals surface area contributed by atoms with Crippen LogP contribution in [0.15, 0.2) is 78.9 Å². The maximum atomic E-state index is 12.3. The average molecular weight is 432 g/mol. The topological polar surface area (TPSA) is 66.8 Å².